The van der Waals surface area contributed by atoms with E-state index in [1.807, 2.05) is 25.1 Å². The highest BCUT2D eigenvalue weighted by atomic mass is 32.2. The van der Waals surface area contributed by atoms with Crippen LogP contribution in [-0.2, 0) is 16.4 Å². The first kappa shape index (κ1) is 19.0. The number of nitrogens with zero attached hydrogens (tertiary/aromatic N) is 1. The summed E-state index contributed by atoms with van der Waals surface area (Å²) >= 11 is 0. The molecule has 2 aliphatic rings. The molecule has 0 spiro atoms. The van der Waals surface area contributed by atoms with Crippen LogP contribution in [0.15, 0.2) is 18.2 Å². The summed E-state index contributed by atoms with van der Waals surface area (Å²) < 4.78 is 30.4. The molecule has 1 aromatic carbocycles. The molecule has 1 aromatic rings. The van der Waals surface area contributed by atoms with Gasteiger partial charge in [-0.05, 0) is 43.2 Å². The molecule has 7 nitrogen and oxygen atoms in total. The Morgan fingerprint density at radius 1 is 1.31 bits per heavy atom. The second-order valence-corrected chi connectivity index (χ2v) is 9.22. The highest BCUT2D eigenvalue weighted by Gasteiger charge is 2.26. The highest BCUT2D eigenvalue weighted by Crippen LogP contribution is 2.28. The van der Waals surface area contributed by atoms with Gasteiger partial charge in [-0.2, -0.15) is 0 Å². The first-order chi connectivity index (χ1) is 12.3. The number of piperidine rings is 1. The molecule has 0 radical (unpaired) electrons. The monoisotopic (exact) mass is 381 g/mol. The van der Waals surface area contributed by atoms with Gasteiger partial charge in [0.1, 0.15) is 12.4 Å². The number of rotatable bonds is 4. The first-order valence-corrected chi connectivity index (χ1v) is 10.9. The SMILES string of the molecule is Cc1cccc2c1OCC(NC(=O)NCC1CCN(S(C)(=O)=O)CC1)C2. The molecule has 0 aliphatic carbocycles. The van der Waals surface area contributed by atoms with Crippen molar-refractivity contribution in [2.45, 2.75) is 32.2 Å². The molecule has 2 amide bonds. The number of carbonyl (C=O) groups is 1. The summed E-state index contributed by atoms with van der Waals surface area (Å²) in [5, 5.41) is 5.89. The number of benzene rings is 1. The van der Waals surface area contributed by atoms with Gasteiger partial charge in [-0.1, -0.05) is 18.2 Å². The Morgan fingerprint density at radius 2 is 2.04 bits per heavy atom. The number of carbonyl (C=O) groups excluding carboxylic acids is 1. The minimum Gasteiger partial charge on any atom is -0.491 e. The van der Waals surface area contributed by atoms with Crippen molar-refractivity contribution in [1.29, 1.82) is 0 Å². The molecule has 3 rings (SSSR count). The van der Waals surface area contributed by atoms with Crippen LogP contribution in [0.2, 0.25) is 0 Å². The van der Waals surface area contributed by atoms with Crippen LogP contribution in [0.1, 0.15) is 24.0 Å². The van der Waals surface area contributed by atoms with Crippen LogP contribution >= 0.6 is 0 Å². The molecule has 1 unspecified atom stereocenters. The van der Waals surface area contributed by atoms with Crippen molar-refractivity contribution in [2.75, 3.05) is 32.5 Å². The number of sulfonamides is 1. The second-order valence-electron chi connectivity index (χ2n) is 7.23. The van der Waals surface area contributed by atoms with E-state index < -0.39 is 10.0 Å². The maximum Gasteiger partial charge on any atom is 0.315 e. The number of nitrogens with one attached hydrogen (secondary N) is 2. The van der Waals surface area contributed by atoms with Gasteiger partial charge in [-0.15, -0.1) is 0 Å². The molecule has 2 heterocycles. The van der Waals surface area contributed by atoms with Gasteiger partial charge in [0, 0.05) is 19.6 Å². The summed E-state index contributed by atoms with van der Waals surface area (Å²) in [4.78, 5) is 12.2. The number of ether oxygens (including phenoxy) is 1. The van der Waals surface area contributed by atoms with Crippen molar-refractivity contribution in [3.05, 3.63) is 29.3 Å². The molecule has 0 aromatic heterocycles. The Bertz CT molecular complexity index is 758. The van der Waals surface area contributed by atoms with Gasteiger partial charge in [0.2, 0.25) is 10.0 Å². The molecule has 1 fully saturated rings. The smallest absolute Gasteiger partial charge is 0.315 e. The Kier molecular flexibility index (Phi) is 5.72. The molecule has 2 N–H and O–H groups in total. The van der Waals surface area contributed by atoms with Crippen molar-refractivity contribution in [1.82, 2.24) is 14.9 Å². The van der Waals surface area contributed by atoms with Crippen molar-refractivity contribution >= 4 is 16.1 Å². The van der Waals surface area contributed by atoms with E-state index in [0.717, 1.165) is 36.1 Å². The van der Waals surface area contributed by atoms with Crippen LogP contribution in [0.4, 0.5) is 4.79 Å². The van der Waals surface area contributed by atoms with E-state index in [1.165, 1.54) is 10.6 Å². The zero-order valence-corrected chi connectivity index (χ0v) is 16.1. The lowest BCUT2D eigenvalue weighted by Gasteiger charge is -2.31. The largest absolute Gasteiger partial charge is 0.491 e. The zero-order valence-electron chi connectivity index (χ0n) is 15.3. The van der Waals surface area contributed by atoms with E-state index in [4.69, 9.17) is 4.74 Å². The molecule has 0 bridgehead atoms. The van der Waals surface area contributed by atoms with Crippen LogP contribution in [-0.4, -0.2) is 57.3 Å². The van der Waals surface area contributed by atoms with Gasteiger partial charge in [0.05, 0.1) is 12.3 Å². The minimum atomic E-state index is -3.11. The third-order valence-electron chi connectivity index (χ3n) is 5.12. The molecular weight excluding hydrogens is 354 g/mol. The Hall–Kier alpha value is -1.80. The van der Waals surface area contributed by atoms with Gasteiger partial charge < -0.3 is 15.4 Å². The number of urea groups is 1. The third kappa shape index (κ3) is 4.67. The fourth-order valence-electron chi connectivity index (χ4n) is 3.60. The number of hydrogen-bond acceptors (Lipinski definition) is 4. The van der Waals surface area contributed by atoms with Crippen molar-refractivity contribution in [3.8, 4) is 5.75 Å². The third-order valence-corrected chi connectivity index (χ3v) is 6.42. The number of aryl methyl sites for hydroxylation is 1. The molecule has 26 heavy (non-hydrogen) atoms. The summed E-state index contributed by atoms with van der Waals surface area (Å²) in [6.45, 7) is 4.11. The Labute approximate surface area is 155 Å². The lowest BCUT2D eigenvalue weighted by molar-refractivity contribution is 0.209. The molecule has 2 aliphatic heterocycles. The fraction of sp³-hybridized carbons (Fsp3) is 0.611. The van der Waals surface area contributed by atoms with Crippen LogP contribution in [0.3, 0.4) is 0 Å². The first-order valence-electron chi connectivity index (χ1n) is 9.03. The maximum absolute atomic E-state index is 12.2. The number of para-hydroxylation sites is 1. The topological polar surface area (TPSA) is 87.7 Å². The molecule has 1 atom stereocenters. The van der Waals surface area contributed by atoms with E-state index in [1.54, 1.807) is 0 Å². The zero-order chi connectivity index (χ0) is 18.7. The summed E-state index contributed by atoms with van der Waals surface area (Å²) in [5.41, 5.74) is 2.24. The van der Waals surface area contributed by atoms with E-state index in [0.29, 0.717) is 32.2 Å². The summed E-state index contributed by atoms with van der Waals surface area (Å²) in [7, 11) is -3.11. The van der Waals surface area contributed by atoms with Gasteiger partial charge in [-0.3, -0.25) is 0 Å². The summed E-state index contributed by atoms with van der Waals surface area (Å²) in [6.07, 6.45) is 3.54. The number of amides is 2. The Balaban J connectivity index is 1.42. The van der Waals surface area contributed by atoms with E-state index in [2.05, 4.69) is 10.6 Å². The average molecular weight is 381 g/mol. The van der Waals surface area contributed by atoms with Crippen LogP contribution in [0.5, 0.6) is 5.75 Å². The quantitative estimate of drug-likeness (QED) is 0.822. The van der Waals surface area contributed by atoms with Crippen molar-refractivity contribution in [2.24, 2.45) is 5.92 Å². The van der Waals surface area contributed by atoms with Gasteiger partial charge in [-0.25, -0.2) is 17.5 Å². The normalized spacial score (nSPS) is 21.5. The summed E-state index contributed by atoms with van der Waals surface area (Å²) in [5.74, 6) is 1.24. The average Bonchev–Trinajstić information content (AvgIpc) is 2.60. The van der Waals surface area contributed by atoms with Gasteiger partial charge in [0.25, 0.3) is 0 Å². The van der Waals surface area contributed by atoms with Crippen molar-refractivity contribution < 1.29 is 17.9 Å². The highest BCUT2D eigenvalue weighted by molar-refractivity contribution is 7.88. The summed E-state index contributed by atoms with van der Waals surface area (Å²) in [6, 6.07) is 5.82. The predicted molar refractivity (Wildman–Crippen MR) is 99.8 cm³/mol. The Morgan fingerprint density at radius 3 is 2.73 bits per heavy atom. The van der Waals surface area contributed by atoms with E-state index in [-0.39, 0.29) is 12.1 Å². The van der Waals surface area contributed by atoms with Crippen LogP contribution in [0.25, 0.3) is 0 Å². The number of hydrogen-bond donors (Lipinski definition) is 2. The van der Waals surface area contributed by atoms with Crippen LogP contribution in [0, 0.1) is 12.8 Å². The molecule has 0 saturated carbocycles. The molecule has 1 saturated heterocycles. The van der Waals surface area contributed by atoms with Gasteiger partial charge >= 0.3 is 6.03 Å². The predicted octanol–water partition coefficient (Wildman–Crippen LogP) is 1.27. The van der Waals surface area contributed by atoms with Crippen LogP contribution < -0.4 is 15.4 Å². The minimum absolute atomic E-state index is 0.0450. The maximum atomic E-state index is 12.2. The fourth-order valence-corrected chi connectivity index (χ4v) is 4.47. The molecule has 8 heteroatoms. The van der Waals surface area contributed by atoms with E-state index >= 15 is 0 Å². The second kappa shape index (κ2) is 7.84. The lowest BCUT2D eigenvalue weighted by Crippen LogP contribution is -2.49. The lowest BCUT2D eigenvalue weighted by atomic mass is 9.98. The molecular formula is C18H27N3O4S. The van der Waals surface area contributed by atoms with Crippen molar-refractivity contribution in [3.63, 3.8) is 0 Å². The molecule has 144 valence electrons. The standard InChI is InChI=1S/C18H27N3O4S/c1-13-4-3-5-15-10-16(12-25-17(13)15)20-18(22)19-11-14-6-8-21(9-7-14)26(2,23)24/h3-5,14,16H,6-12H2,1-2H3,(H2,19,20,22). The number of fused-ring (bicyclic) bond motifs is 1. The van der Waals surface area contributed by atoms with Gasteiger partial charge in [0.15, 0.2) is 0 Å². The van der Waals surface area contributed by atoms with E-state index in [9.17, 15) is 13.2 Å².